The second-order valence-corrected chi connectivity index (χ2v) is 9.16. The number of benzene rings is 1. The Morgan fingerprint density at radius 2 is 2.03 bits per heavy atom. The number of hydrogen-bond donors (Lipinski definition) is 1. The quantitative estimate of drug-likeness (QED) is 0.430. The van der Waals surface area contributed by atoms with Gasteiger partial charge in [0.1, 0.15) is 18.2 Å². The van der Waals surface area contributed by atoms with Gasteiger partial charge in [-0.3, -0.25) is 4.79 Å². The summed E-state index contributed by atoms with van der Waals surface area (Å²) in [5.41, 5.74) is 2.82. The van der Waals surface area contributed by atoms with Crippen LogP contribution in [0.25, 0.3) is 10.9 Å². The van der Waals surface area contributed by atoms with Gasteiger partial charge in [0.25, 0.3) is 0 Å². The van der Waals surface area contributed by atoms with Crippen LogP contribution in [0.1, 0.15) is 60.9 Å². The van der Waals surface area contributed by atoms with Crippen LogP contribution in [0, 0.1) is 0 Å². The van der Waals surface area contributed by atoms with Gasteiger partial charge in [-0.2, -0.15) is 13.2 Å². The molecule has 35 heavy (non-hydrogen) atoms. The minimum Gasteiger partial charge on any atom is -0.489 e. The molecular formula is C26H28F3N3O3. The van der Waals surface area contributed by atoms with E-state index < -0.39 is 11.7 Å². The van der Waals surface area contributed by atoms with Gasteiger partial charge in [0, 0.05) is 47.4 Å². The lowest BCUT2D eigenvalue weighted by Gasteiger charge is -2.22. The van der Waals surface area contributed by atoms with Crippen LogP contribution >= 0.6 is 0 Å². The summed E-state index contributed by atoms with van der Waals surface area (Å²) in [5.74, 6) is 0.475. The Kier molecular flexibility index (Phi) is 6.34. The third-order valence-electron chi connectivity index (χ3n) is 6.82. The van der Waals surface area contributed by atoms with Crippen molar-refractivity contribution in [3.8, 4) is 5.75 Å². The highest BCUT2D eigenvalue weighted by Gasteiger charge is 2.37. The number of nitrogens with one attached hydrogen (secondary N) is 1. The maximum Gasteiger partial charge on any atom is 0.419 e. The van der Waals surface area contributed by atoms with Crippen molar-refractivity contribution in [2.75, 3.05) is 24.6 Å². The molecule has 0 bridgehead atoms. The van der Waals surface area contributed by atoms with Crippen LogP contribution in [0.15, 0.2) is 30.5 Å². The molecular weight excluding hydrogens is 459 g/mol. The second kappa shape index (κ2) is 9.43. The minimum atomic E-state index is -4.48. The van der Waals surface area contributed by atoms with Gasteiger partial charge in [0.15, 0.2) is 0 Å². The fraction of sp³-hybridized carbons (Fsp3) is 0.462. The Balaban J connectivity index is 1.33. The standard InChI is InChI=1S/C26H28F3N3O3/c1-2-34-23(33)12-17-5-7-19-20-13-18(6-8-22(20)31-24(17)19)35-15-16-11-21(26(27,28)29)25(30-14-16)32-9-3-4-10-32/h6,8,11,13-14,17,31H,2-5,7,9-10,12,15H2,1H3. The number of aromatic nitrogens is 2. The van der Waals surface area contributed by atoms with E-state index in [-0.39, 0.29) is 24.3 Å². The number of hydrogen-bond acceptors (Lipinski definition) is 5. The second-order valence-electron chi connectivity index (χ2n) is 9.16. The molecule has 1 aliphatic carbocycles. The fourth-order valence-corrected chi connectivity index (χ4v) is 5.18. The zero-order chi connectivity index (χ0) is 24.6. The van der Waals surface area contributed by atoms with Crippen LogP contribution in [0.5, 0.6) is 5.75 Å². The van der Waals surface area contributed by atoms with E-state index >= 15 is 0 Å². The zero-order valence-corrected chi connectivity index (χ0v) is 19.6. The Morgan fingerprint density at radius 3 is 2.77 bits per heavy atom. The summed E-state index contributed by atoms with van der Waals surface area (Å²) >= 11 is 0. The highest BCUT2D eigenvalue weighted by Crippen LogP contribution is 2.41. The smallest absolute Gasteiger partial charge is 0.419 e. The van der Waals surface area contributed by atoms with E-state index in [1.165, 1.54) is 6.20 Å². The number of aromatic amines is 1. The molecule has 0 amide bonds. The predicted octanol–water partition coefficient (Wildman–Crippen LogP) is 5.74. The first-order valence-electron chi connectivity index (χ1n) is 12.1. The monoisotopic (exact) mass is 487 g/mol. The summed E-state index contributed by atoms with van der Waals surface area (Å²) in [5, 5.41) is 1.02. The maximum absolute atomic E-state index is 13.7. The SMILES string of the molecule is CCOC(=O)CC1CCc2c1[nH]c1ccc(OCc3cnc(N4CCCC4)c(C(F)(F)F)c3)cc21. The summed E-state index contributed by atoms with van der Waals surface area (Å²) in [6, 6.07) is 6.76. The van der Waals surface area contributed by atoms with Crippen molar-refractivity contribution >= 4 is 22.7 Å². The predicted molar refractivity (Wildman–Crippen MR) is 126 cm³/mol. The molecule has 6 nitrogen and oxygen atoms in total. The number of carbonyl (C=O) groups is 1. The van der Waals surface area contributed by atoms with Gasteiger partial charge in [0.05, 0.1) is 18.6 Å². The van der Waals surface area contributed by atoms with Crippen molar-refractivity contribution in [3.05, 3.63) is 52.8 Å². The third-order valence-corrected chi connectivity index (χ3v) is 6.82. The molecule has 0 saturated carbocycles. The molecule has 3 aromatic rings. The summed E-state index contributed by atoms with van der Waals surface area (Å²) in [6.07, 6.45) is 0.799. The summed E-state index contributed by atoms with van der Waals surface area (Å²) in [7, 11) is 0. The van der Waals surface area contributed by atoms with E-state index in [1.54, 1.807) is 17.9 Å². The number of fused-ring (bicyclic) bond motifs is 3. The number of alkyl halides is 3. The molecule has 0 spiro atoms. The molecule has 0 radical (unpaired) electrons. The molecule has 186 valence electrons. The molecule has 5 rings (SSSR count). The Labute approximate surface area is 201 Å². The average molecular weight is 488 g/mol. The highest BCUT2D eigenvalue weighted by atomic mass is 19.4. The van der Waals surface area contributed by atoms with E-state index in [2.05, 4.69) is 9.97 Å². The molecule has 1 fully saturated rings. The van der Waals surface area contributed by atoms with Gasteiger partial charge in [-0.05, 0) is 62.4 Å². The number of halogens is 3. The van der Waals surface area contributed by atoms with Crippen LogP contribution in [0.4, 0.5) is 19.0 Å². The van der Waals surface area contributed by atoms with Gasteiger partial charge in [-0.15, -0.1) is 0 Å². The van der Waals surface area contributed by atoms with E-state index in [1.807, 2.05) is 12.1 Å². The van der Waals surface area contributed by atoms with Gasteiger partial charge in [-0.1, -0.05) is 0 Å². The Hall–Kier alpha value is -3.23. The fourth-order valence-electron chi connectivity index (χ4n) is 5.18. The number of ether oxygens (including phenoxy) is 2. The molecule has 3 heterocycles. The first-order valence-corrected chi connectivity index (χ1v) is 12.1. The van der Waals surface area contributed by atoms with Crippen LogP contribution in [-0.2, 0) is 28.7 Å². The van der Waals surface area contributed by atoms with Crippen LogP contribution in [0.3, 0.4) is 0 Å². The number of carbonyl (C=O) groups excluding carboxylic acids is 1. The number of aryl methyl sites for hydroxylation is 1. The number of esters is 1. The van der Waals surface area contributed by atoms with Crippen molar-refractivity contribution in [2.24, 2.45) is 0 Å². The lowest BCUT2D eigenvalue weighted by atomic mass is 10.0. The molecule has 1 aliphatic heterocycles. The van der Waals surface area contributed by atoms with Gasteiger partial charge in [-0.25, -0.2) is 4.98 Å². The van der Waals surface area contributed by atoms with Gasteiger partial charge in [0.2, 0.25) is 0 Å². The molecule has 1 atom stereocenters. The lowest BCUT2D eigenvalue weighted by molar-refractivity contribution is -0.143. The van der Waals surface area contributed by atoms with Crippen molar-refractivity contribution in [3.63, 3.8) is 0 Å². The summed E-state index contributed by atoms with van der Waals surface area (Å²) in [4.78, 5) is 21.2. The molecule has 2 aromatic heterocycles. The van der Waals surface area contributed by atoms with E-state index in [4.69, 9.17) is 9.47 Å². The van der Waals surface area contributed by atoms with Crippen molar-refractivity contribution < 1.29 is 27.4 Å². The Bertz CT molecular complexity index is 1230. The van der Waals surface area contributed by atoms with E-state index in [0.29, 0.717) is 37.4 Å². The molecule has 2 aliphatic rings. The van der Waals surface area contributed by atoms with Crippen molar-refractivity contribution in [1.29, 1.82) is 0 Å². The first kappa shape index (κ1) is 23.5. The molecule has 1 saturated heterocycles. The number of rotatable bonds is 7. The third kappa shape index (κ3) is 4.81. The van der Waals surface area contributed by atoms with Crippen LogP contribution < -0.4 is 9.64 Å². The molecule has 9 heteroatoms. The van der Waals surface area contributed by atoms with Crippen LogP contribution in [0.2, 0.25) is 0 Å². The molecule has 1 N–H and O–H groups in total. The molecule has 1 aromatic carbocycles. The first-order chi connectivity index (χ1) is 16.8. The van der Waals surface area contributed by atoms with E-state index in [9.17, 15) is 18.0 Å². The number of pyridine rings is 1. The maximum atomic E-state index is 13.7. The highest BCUT2D eigenvalue weighted by molar-refractivity contribution is 5.87. The lowest BCUT2D eigenvalue weighted by Crippen LogP contribution is -2.23. The largest absolute Gasteiger partial charge is 0.489 e. The number of nitrogens with zero attached hydrogens (tertiary/aromatic N) is 2. The summed E-state index contributed by atoms with van der Waals surface area (Å²) in [6.45, 7) is 3.33. The normalized spacial score (nSPS) is 17.7. The Morgan fingerprint density at radius 1 is 1.23 bits per heavy atom. The zero-order valence-electron chi connectivity index (χ0n) is 19.6. The van der Waals surface area contributed by atoms with Crippen molar-refractivity contribution in [2.45, 2.75) is 57.7 Å². The minimum absolute atomic E-state index is 0.000396. The van der Waals surface area contributed by atoms with E-state index in [0.717, 1.165) is 53.9 Å². The van der Waals surface area contributed by atoms with Gasteiger partial charge < -0.3 is 19.4 Å². The number of H-pyrrole nitrogens is 1. The summed E-state index contributed by atoms with van der Waals surface area (Å²) < 4.78 is 52.2. The van der Waals surface area contributed by atoms with Crippen LogP contribution in [-0.4, -0.2) is 35.6 Å². The molecule has 1 unspecified atom stereocenters. The topological polar surface area (TPSA) is 67.5 Å². The van der Waals surface area contributed by atoms with Gasteiger partial charge >= 0.3 is 12.1 Å². The van der Waals surface area contributed by atoms with Crippen molar-refractivity contribution in [1.82, 2.24) is 9.97 Å². The number of anilines is 1. The average Bonchev–Trinajstić information content (AvgIpc) is 3.55.